The van der Waals surface area contributed by atoms with Gasteiger partial charge >= 0.3 is 0 Å². The highest BCUT2D eigenvalue weighted by Gasteiger charge is 2.50. The van der Waals surface area contributed by atoms with Gasteiger partial charge in [-0.15, -0.1) is 0 Å². The Morgan fingerprint density at radius 2 is 1.38 bits per heavy atom. The van der Waals surface area contributed by atoms with Gasteiger partial charge in [0.25, 0.3) is 0 Å². The first-order chi connectivity index (χ1) is 24.3. The minimum absolute atomic E-state index is 0.0556. The lowest BCUT2D eigenvalue weighted by Gasteiger charge is -2.54. The van der Waals surface area contributed by atoms with E-state index >= 15 is 0 Å². The zero-order valence-electron chi connectivity index (χ0n) is 29.4. The summed E-state index contributed by atoms with van der Waals surface area (Å²) in [5, 5.41) is 5.13. The second kappa shape index (κ2) is 10.6. The maximum atomic E-state index is 2.62. The number of nitrogens with zero attached hydrogens (tertiary/aromatic N) is 2. The van der Waals surface area contributed by atoms with E-state index in [0.717, 1.165) is 19.3 Å². The third kappa shape index (κ3) is 4.02. The van der Waals surface area contributed by atoms with Gasteiger partial charge in [-0.05, 0) is 99.6 Å². The number of hydrogen-bond donors (Lipinski definition) is 0. The van der Waals surface area contributed by atoms with E-state index < -0.39 is 0 Å². The molecule has 6 aromatic rings. The molecule has 0 saturated carbocycles. The molecule has 0 aromatic heterocycles. The van der Waals surface area contributed by atoms with Gasteiger partial charge in [0.05, 0.1) is 11.4 Å². The monoisotopic (exact) mass is 646 g/mol. The largest absolute Gasteiger partial charge is 0.313 e. The van der Waals surface area contributed by atoms with E-state index in [9.17, 15) is 0 Å². The van der Waals surface area contributed by atoms with E-state index in [1.807, 2.05) is 0 Å². The minimum Gasteiger partial charge on any atom is -0.313 e. The molecule has 2 heterocycles. The van der Waals surface area contributed by atoms with E-state index in [0.29, 0.717) is 5.92 Å². The maximum Gasteiger partial charge on any atom is 0.0540 e. The molecule has 50 heavy (non-hydrogen) atoms. The number of fused-ring (bicyclic) bond motifs is 8. The third-order valence-corrected chi connectivity index (χ3v) is 12.3. The van der Waals surface area contributed by atoms with Crippen molar-refractivity contribution in [3.8, 4) is 0 Å². The number of para-hydroxylation sites is 1. The van der Waals surface area contributed by atoms with Crippen LogP contribution in [0.15, 0.2) is 145 Å². The SMILES string of the molecule is CC1(C)C2=C3C(CC=C2)C(C)(C)c2cc(N(c4cc5ccccc5c5c4CCC=C5)c4cccc5ccccc45)ccc2N3c2ccccc21. The van der Waals surface area contributed by atoms with Crippen molar-refractivity contribution in [2.45, 2.75) is 57.8 Å². The molecule has 4 aliphatic rings. The van der Waals surface area contributed by atoms with Gasteiger partial charge in [0, 0.05) is 44.9 Å². The lowest BCUT2D eigenvalue weighted by molar-refractivity contribution is 0.339. The Kier molecular flexibility index (Phi) is 6.26. The highest BCUT2D eigenvalue weighted by atomic mass is 15.2. The summed E-state index contributed by atoms with van der Waals surface area (Å²) >= 11 is 0. The molecule has 6 aromatic carbocycles. The molecule has 1 unspecified atom stereocenters. The van der Waals surface area contributed by atoms with Crippen molar-refractivity contribution in [1.82, 2.24) is 0 Å². The van der Waals surface area contributed by atoms with Gasteiger partial charge < -0.3 is 9.80 Å². The second-order valence-electron chi connectivity index (χ2n) is 15.7. The third-order valence-electron chi connectivity index (χ3n) is 12.3. The molecule has 1 atom stereocenters. The van der Waals surface area contributed by atoms with E-state index in [1.165, 1.54) is 83.5 Å². The van der Waals surface area contributed by atoms with Crippen molar-refractivity contribution in [1.29, 1.82) is 0 Å². The standard InChI is InChI=1S/C48H42N2/c1-47(2)38-22-11-12-25-43(38)50-44-28-27-33(30-41(44)48(3,4)40-24-14-23-39(47)46(40)50)49(42-26-13-17-31-15-5-8-19-35(31)42)45-29-32-16-6-7-18-34(32)36-20-9-10-21-37(36)45/h5-9,11-20,22-23,25-30,40H,10,21,24H2,1-4H3. The minimum atomic E-state index is -0.0779. The molecule has 2 aliphatic heterocycles. The van der Waals surface area contributed by atoms with Crippen LogP contribution in [0.1, 0.15) is 62.8 Å². The molecule has 0 amide bonds. The molecule has 2 nitrogen and oxygen atoms in total. The van der Waals surface area contributed by atoms with Crippen molar-refractivity contribution in [2.75, 3.05) is 9.80 Å². The lowest BCUT2D eigenvalue weighted by atomic mass is 9.60. The van der Waals surface area contributed by atoms with Crippen molar-refractivity contribution >= 4 is 56.1 Å². The Morgan fingerprint density at radius 1 is 0.640 bits per heavy atom. The topological polar surface area (TPSA) is 6.48 Å². The Labute approximate surface area is 295 Å². The molecule has 2 aliphatic carbocycles. The van der Waals surface area contributed by atoms with Crippen LogP contribution in [0.5, 0.6) is 0 Å². The van der Waals surface area contributed by atoms with Crippen LogP contribution >= 0.6 is 0 Å². The van der Waals surface area contributed by atoms with Crippen LogP contribution in [-0.4, -0.2) is 0 Å². The molecule has 2 heteroatoms. The van der Waals surface area contributed by atoms with Gasteiger partial charge in [0.1, 0.15) is 0 Å². The summed E-state index contributed by atoms with van der Waals surface area (Å²) in [4.78, 5) is 5.20. The number of anilines is 5. The lowest BCUT2D eigenvalue weighted by Crippen LogP contribution is -2.47. The predicted molar refractivity (Wildman–Crippen MR) is 212 cm³/mol. The molecule has 244 valence electrons. The van der Waals surface area contributed by atoms with Crippen LogP contribution in [0.25, 0.3) is 27.6 Å². The van der Waals surface area contributed by atoms with Gasteiger partial charge in [-0.2, -0.15) is 0 Å². The summed E-state index contributed by atoms with van der Waals surface area (Å²) in [5.74, 6) is 0.377. The molecular formula is C48H42N2. The predicted octanol–water partition coefficient (Wildman–Crippen LogP) is 13.0. The quantitative estimate of drug-likeness (QED) is 0.189. The molecule has 0 bridgehead atoms. The molecular weight excluding hydrogens is 605 g/mol. The van der Waals surface area contributed by atoms with Crippen LogP contribution in [0.3, 0.4) is 0 Å². The molecule has 0 spiro atoms. The van der Waals surface area contributed by atoms with Gasteiger partial charge in [-0.3, -0.25) is 0 Å². The zero-order valence-corrected chi connectivity index (χ0v) is 29.4. The van der Waals surface area contributed by atoms with Crippen molar-refractivity contribution in [3.05, 3.63) is 167 Å². The zero-order chi connectivity index (χ0) is 33.8. The molecule has 0 saturated heterocycles. The highest BCUT2D eigenvalue weighted by Crippen LogP contribution is 2.61. The maximum absolute atomic E-state index is 2.62. The van der Waals surface area contributed by atoms with E-state index in [2.05, 4.69) is 177 Å². The average molecular weight is 647 g/mol. The number of rotatable bonds is 3. The summed E-state index contributed by atoms with van der Waals surface area (Å²) in [6.07, 6.45) is 12.7. The first-order valence-electron chi connectivity index (χ1n) is 18.3. The molecule has 0 radical (unpaired) electrons. The van der Waals surface area contributed by atoms with Crippen molar-refractivity contribution < 1.29 is 0 Å². The van der Waals surface area contributed by atoms with Crippen LogP contribution in [0, 0.1) is 5.92 Å². The Bertz CT molecular complexity index is 2480. The summed E-state index contributed by atoms with van der Waals surface area (Å²) in [5.41, 5.74) is 14.7. The van der Waals surface area contributed by atoms with Gasteiger partial charge in [0.15, 0.2) is 0 Å². The van der Waals surface area contributed by atoms with Crippen molar-refractivity contribution in [3.63, 3.8) is 0 Å². The fraction of sp³-hybridized carbons (Fsp3) is 0.208. The fourth-order valence-electron chi connectivity index (χ4n) is 9.74. The second-order valence-corrected chi connectivity index (χ2v) is 15.7. The van der Waals surface area contributed by atoms with Crippen LogP contribution < -0.4 is 9.80 Å². The average Bonchev–Trinajstić information content (AvgIpc) is 3.15. The van der Waals surface area contributed by atoms with E-state index in [4.69, 9.17) is 0 Å². The summed E-state index contributed by atoms with van der Waals surface area (Å²) < 4.78 is 0. The van der Waals surface area contributed by atoms with Crippen LogP contribution in [-0.2, 0) is 17.3 Å². The Hall–Kier alpha value is -5.34. The van der Waals surface area contributed by atoms with Gasteiger partial charge in [0.2, 0.25) is 0 Å². The Morgan fingerprint density at radius 3 is 2.26 bits per heavy atom. The van der Waals surface area contributed by atoms with Crippen LogP contribution in [0.2, 0.25) is 0 Å². The first-order valence-corrected chi connectivity index (χ1v) is 18.3. The number of hydrogen-bond acceptors (Lipinski definition) is 2. The van der Waals surface area contributed by atoms with Crippen molar-refractivity contribution in [2.24, 2.45) is 5.92 Å². The normalized spacial score (nSPS) is 19.2. The summed E-state index contributed by atoms with van der Waals surface area (Å²) in [6.45, 7) is 9.79. The summed E-state index contributed by atoms with van der Waals surface area (Å²) in [7, 11) is 0. The first kappa shape index (κ1) is 29.6. The number of allylic oxidation sites excluding steroid dienone is 5. The van der Waals surface area contributed by atoms with Gasteiger partial charge in [-0.1, -0.05) is 131 Å². The number of benzene rings is 6. The van der Waals surface area contributed by atoms with E-state index in [-0.39, 0.29) is 10.8 Å². The van der Waals surface area contributed by atoms with E-state index in [1.54, 1.807) is 0 Å². The fourth-order valence-corrected chi connectivity index (χ4v) is 9.74. The molecule has 0 N–H and O–H groups in total. The molecule has 10 rings (SSSR count). The highest BCUT2D eigenvalue weighted by molar-refractivity contribution is 6.03. The van der Waals surface area contributed by atoms with Gasteiger partial charge in [-0.25, -0.2) is 0 Å². The Balaban J connectivity index is 1.26. The summed E-state index contributed by atoms with van der Waals surface area (Å²) in [6, 6.07) is 43.4. The molecule has 0 fully saturated rings. The smallest absolute Gasteiger partial charge is 0.0540 e. The van der Waals surface area contributed by atoms with Crippen LogP contribution in [0.4, 0.5) is 28.4 Å².